The Labute approximate surface area is 148 Å². The summed E-state index contributed by atoms with van der Waals surface area (Å²) >= 11 is 0. The summed E-state index contributed by atoms with van der Waals surface area (Å²) in [7, 11) is 0. The number of hydrogen-bond acceptors (Lipinski definition) is 4. The minimum absolute atomic E-state index is 0.0955. The molecule has 1 aliphatic heterocycles. The van der Waals surface area contributed by atoms with Gasteiger partial charge in [-0.15, -0.1) is 0 Å². The van der Waals surface area contributed by atoms with Crippen LogP contribution in [0.3, 0.4) is 0 Å². The van der Waals surface area contributed by atoms with Gasteiger partial charge in [-0.1, -0.05) is 30.3 Å². The molecule has 4 aliphatic carbocycles. The summed E-state index contributed by atoms with van der Waals surface area (Å²) in [5.41, 5.74) is 0.866. The maximum absolute atomic E-state index is 12.9. The quantitative estimate of drug-likeness (QED) is 0.772. The van der Waals surface area contributed by atoms with Crippen LogP contribution in [0.5, 0.6) is 0 Å². The van der Waals surface area contributed by atoms with Gasteiger partial charge in [0.25, 0.3) is 0 Å². The molecule has 0 amide bonds. The predicted octanol–water partition coefficient (Wildman–Crippen LogP) is 4.16. The molecule has 4 fully saturated rings. The van der Waals surface area contributed by atoms with E-state index in [-0.39, 0.29) is 17.3 Å². The third-order valence-corrected chi connectivity index (χ3v) is 6.47. The van der Waals surface area contributed by atoms with Crippen LogP contribution in [0.4, 0.5) is 0 Å². The van der Waals surface area contributed by atoms with Crippen LogP contribution in [-0.4, -0.2) is 12.3 Å². The first-order chi connectivity index (χ1) is 12.2. The molecule has 0 saturated heterocycles. The molecule has 5 aliphatic rings. The lowest BCUT2D eigenvalue weighted by Crippen LogP contribution is -2.50. The van der Waals surface area contributed by atoms with Gasteiger partial charge in [-0.3, -0.25) is 4.79 Å². The van der Waals surface area contributed by atoms with E-state index >= 15 is 0 Å². The predicted molar refractivity (Wildman–Crippen MR) is 90.9 cm³/mol. The molecule has 4 saturated carbocycles. The fourth-order valence-electron chi connectivity index (χ4n) is 5.82. The molecule has 0 spiro atoms. The van der Waals surface area contributed by atoms with Gasteiger partial charge in [-0.25, -0.2) is 0 Å². The van der Waals surface area contributed by atoms with Crippen LogP contribution in [0.1, 0.15) is 44.1 Å². The number of carbonyl (C=O) groups excluding carboxylic acids is 1. The summed E-state index contributed by atoms with van der Waals surface area (Å²) in [6.45, 7) is 0. The van der Waals surface area contributed by atoms with E-state index < -0.39 is 6.29 Å². The van der Waals surface area contributed by atoms with Gasteiger partial charge < -0.3 is 14.2 Å². The molecule has 1 aromatic carbocycles. The minimum atomic E-state index is -0.415. The first-order valence-electron chi connectivity index (χ1n) is 9.47. The SMILES string of the molecule is O=C(OC1=COC(Cc2ccccc2)O1)C12CC3CC(CC(C3)C1)C2. The molecule has 4 nitrogen and oxygen atoms in total. The Bertz CT molecular complexity index is 658. The maximum atomic E-state index is 12.9. The smallest absolute Gasteiger partial charge is 0.326 e. The second kappa shape index (κ2) is 5.79. The van der Waals surface area contributed by atoms with Crippen molar-refractivity contribution in [2.45, 2.75) is 51.2 Å². The van der Waals surface area contributed by atoms with E-state index in [2.05, 4.69) is 0 Å². The second-order valence-corrected chi connectivity index (χ2v) is 8.40. The molecule has 0 radical (unpaired) electrons. The topological polar surface area (TPSA) is 44.8 Å². The maximum Gasteiger partial charge on any atom is 0.326 e. The lowest BCUT2D eigenvalue weighted by atomic mass is 9.49. The molecule has 1 aromatic rings. The van der Waals surface area contributed by atoms with E-state index in [1.807, 2.05) is 30.3 Å². The van der Waals surface area contributed by atoms with Crippen molar-refractivity contribution in [2.75, 3.05) is 0 Å². The molecule has 1 unspecified atom stereocenters. The summed E-state index contributed by atoms with van der Waals surface area (Å²) in [4.78, 5) is 12.9. The number of hydrogen-bond donors (Lipinski definition) is 0. The monoisotopic (exact) mass is 340 g/mol. The van der Waals surface area contributed by atoms with Crippen molar-refractivity contribution < 1.29 is 19.0 Å². The van der Waals surface area contributed by atoms with Crippen molar-refractivity contribution in [1.82, 2.24) is 0 Å². The van der Waals surface area contributed by atoms with E-state index in [1.54, 1.807) is 0 Å². The Hall–Kier alpha value is -1.97. The molecule has 4 heteroatoms. The number of esters is 1. The Morgan fingerprint density at radius 3 is 2.32 bits per heavy atom. The van der Waals surface area contributed by atoms with Crippen LogP contribution in [0.25, 0.3) is 0 Å². The molecule has 6 rings (SSSR count). The summed E-state index contributed by atoms with van der Waals surface area (Å²) in [6.07, 6.45) is 8.61. The van der Waals surface area contributed by atoms with Crippen molar-refractivity contribution in [1.29, 1.82) is 0 Å². The Balaban J connectivity index is 1.21. The van der Waals surface area contributed by atoms with Crippen LogP contribution < -0.4 is 0 Å². The fourth-order valence-corrected chi connectivity index (χ4v) is 5.82. The molecule has 0 N–H and O–H groups in total. The van der Waals surface area contributed by atoms with Gasteiger partial charge in [0.15, 0.2) is 6.26 Å². The van der Waals surface area contributed by atoms with Crippen LogP contribution >= 0.6 is 0 Å². The summed E-state index contributed by atoms with van der Waals surface area (Å²) in [5.74, 6) is 2.29. The van der Waals surface area contributed by atoms with Crippen molar-refractivity contribution in [3.05, 3.63) is 48.1 Å². The molecule has 1 atom stereocenters. The third kappa shape index (κ3) is 2.82. The highest BCUT2D eigenvalue weighted by atomic mass is 16.8. The number of rotatable bonds is 4. The van der Waals surface area contributed by atoms with E-state index in [4.69, 9.17) is 14.2 Å². The van der Waals surface area contributed by atoms with E-state index in [9.17, 15) is 4.79 Å². The van der Waals surface area contributed by atoms with Crippen LogP contribution in [0.15, 0.2) is 42.5 Å². The molecule has 4 bridgehead atoms. The van der Waals surface area contributed by atoms with Gasteiger partial charge in [-0.05, 0) is 61.8 Å². The molecular formula is C21H24O4. The number of carbonyl (C=O) groups is 1. The minimum Gasteiger partial charge on any atom is -0.455 e. The fraction of sp³-hybridized carbons (Fsp3) is 0.571. The van der Waals surface area contributed by atoms with Crippen LogP contribution in [0.2, 0.25) is 0 Å². The van der Waals surface area contributed by atoms with Gasteiger partial charge in [0.1, 0.15) is 0 Å². The highest BCUT2D eigenvalue weighted by molar-refractivity contribution is 5.78. The summed E-state index contributed by atoms with van der Waals surface area (Å²) in [5, 5.41) is 0. The van der Waals surface area contributed by atoms with Crippen LogP contribution in [0, 0.1) is 23.2 Å². The van der Waals surface area contributed by atoms with Crippen molar-refractivity contribution in [3.8, 4) is 0 Å². The van der Waals surface area contributed by atoms with Gasteiger partial charge in [0, 0.05) is 6.42 Å². The van der Waals surface area contributed by atoms with E-state index in [0.29, 0.717) is 6.42 Å². The molecular weight excluding hydrogens is 316 g/mol. The zero-order valence-electron chi connectivity index (χ0n) is 14.4. The largest absolute Gasteiger partial charge is 0.455 e. The lowest BCUT2D eigenvalue weighted by molar-refractivity contribution is -0.174. The van der Waals surface area contributed by atoms with Gasteiger partial charge in [0.05, 0.1) is 5.41 Å². The Morgan fingerprint density at radius 1 is 1.04 bits per heavy atom. The first-order valence-corrected chi connectivity index (χ1v) is 9.47. The molecule has 0 aromatic heterocycles. The number of ether oxygens (including phenoxy) is 3. The molecule has 25 heavy (non-hydrogen) atoms. The second-order valence-electron chi connectivity index (χ2n) is 8.40. The van der Waals surface area contributed by atoms with E-state index in [0.717, 1.165) is 42.6 Å². The zero-order valence-corrected chi connectivity index (χ0v) is 14.4. The standard InChI is InChI=1S/C21H24O4/c22-20(21-10-15-6-16(11-21)8-17(7-15)12-21)25-19-13-23-18(24-19)9-14-4-2-1-3-5-14/h1-5,13,15-18H,6-12H2. The third-order valence-electron chi connectivity index (χ3n) is 6.47. The highest BCUT2D eigenvalue weighted by Crippen LogP contribution is 2.60. The Kier molecular flexibility index (Phi) is 3.54. The molecule has 132 valence electrons. The Morgan fingerprint density at radius 2 is 1.68 bits per heavy atom. The van der Waals surface area contributed by atoms with E-state index in [1.165, 1.54) is 25.5 Å². The number of benzene rings is 1. The summed E-state index contributed by atoms with van der Waals surface area (Å²) < 4.78 is 16.9. The van der Waals surface area contributed by atoms with Gasteiger partial charge >= 0.3 is 11.9 Å². The highest BCUT2D eigenvalue weighted by Gasteiger charge is 2.56. The average Bonchev–Trinajstić information content (AvgIpc) is 3.01. The zero-order chi connectivity index (χ0) is 16.9. The average molecular weight is 340 g/mol. The van der Waals surface area contributed by atoms with Crippen molar-refractivity contribution >= 4 is 5.97 Å². The first kappa shape index (κ1) is 15.3. The van der Waals surface area contributed by atoms with Crippen LogP contribution in [-0.2, 0) is 25.4 Å². The normalized spacial score (nSPS) is 38.0. The van der Waals surface area contributed by atoms with Gasteiger partial charge in [-0.2, -0.15) is 0 Å². The van der Waals surface area contributed by atoms with Crippen molar-refractivity contribution in [3.63, 3.8) is 0 Å². The summed E-state index contributed by atoms with van der Waals surface area (Å²) in [6, 6.07) is 10.0. The van der Waals surface area contributed by atoms with Gasteiger partial charge in [0.2, 0.25) is 6.29 Å². The van der Waals surface area contributed by atoms with Crippen molar-refractivity contribution in [2.24, 2.45) is 23.2 Å². The molecule has 1 heterocycles. The lowest BCUT2D eigenvalue weighted by Gasteiger charge is -2.55.